The second-order valence-corrected chi connectivity index (χ2v) is 7.42. The monoisotopic (exact) mass is 364 g/mol. The van der Waals surface area contributed by atoms with E-state index in [2.05, 4.69) is 0 Å². The number of benzene rings is 1. The van der Waals surface area contributed by atoms with Gasteiger partial charge in [0.1, 0.15) is 17.6 Å². The molecule has 1 unspecified atom stereocenters. The first-order chi connectivity index (χ1) is 12.4. The van der Waals surface area contributed by atoms with Gasteiger partial charge in [0.25, 0.3) is 0 Å². The highest BCUT2D eigenvalue weighted by Gasteiger charge is 2.55. The number of aromatic hydroxyl groups is 1. The van der Waals surface area contributed by atoms with Crippen LogP contribution < -0.4 is 0 Å². The predicted molar refractivity (Wildman–Crippen MR) is 90.7 cm³/mol. The molecule has 26 heavy (non-hydrogen) atoms. The van der Waals surface area contributed by atoms with Crippen molar-refractivity contribution >= 4 is 0 Å². The molecule has 0 bridgehead atoms. The zero-order valence-electron chi connectivity index (χ0n) is 14.5. The number of fused-ring (bicyclic) bond motifs is 3. The molecular weight excluding hydrogens is 342 g/mol. The number of hydrogen-bond donors (Lipinski definition) is 2. The van der Waals surface area contributed by atoms with Gasteiger partial charge in [0.2, 0.25) is 5.92 Å². The summed E-state index contributed by atoms with van der Waals surface area (Å²) in [5.74, 6) is -2.78. The van der Waals surface area contributed by atoms with Gasteiger partial charge in [-0.25, -0.2) is 8.78 Å². The van der Waals surface area contributed by atoms with Crippen LogP contribution in [-0.2, 0) is 9.47 Å². The van der Waals surface area contributed by atoms with Crippen LogP contribution in [0.5, 0.6) is 5.75 Å². The van der Waals surface area contributed by atoms with E-state index in [0.29, 0.717) is 24.4 Å². The van der Waals surface area contributed by atoms with Crippen LogP contribution in [0, 0.1) is 11.8 Å². The summed E-state index contributed by atoms with van der Waals surface area (Å²) in [4.78, 5) is 0. The molecule has 6 heteroatoms. The van der Waals surface area contributed by atoms with E-state index in [-0.39, 0.29) is 30.4 Å². The van der Waals surface area contributed by atoms with Crippen LogP contribution in [0.1, 0.15) is 30.9 Å². The van der Waals surface area contributed by atoms with Crippen molar-refractivity contribution in [1.29, 1.82) is 0 Å². The molecule has 1 aromatic rings. The van der Waals surface area contributed by atoms with E-state index in [4.69, 9.17) is 9.47 Å². The standard InChI is InChI=1S/C20H22F2O4/c1-25-10-12-6-14(24)7-15-16-8-20(21,22)9-17(16)18(26-19(12)15)11-2-4-13(23)5-3-11/h2-5,7,14,16-18,23-24H,6,8-10H2,1H3/t14?,16-,17-,18-/m1/s1. The molecular formula is C20H22F2O4. The number of methoxy groups -OCH3 is 1. The molecule has 1 saturated heterocycles. The first-order valence-electron chi connectivity index (χ1n) is 8.82. The Morgan fingerprint density at radius 3 is 2.65 bits per heavy atom. The van der Waals surface area contributed by atoms with Crippen LogP contribution in [0.2, 0.25) is 0 Å². The number of hydrogen-bond acceptors (Lipinski definition) is 4. The largest absolute Gasteiger partial charge is 0.508 e. The smallest absolute Gasteiger partial charge is 0.249 e. The van der Waals surface area contributed by atoms with E-state index in [1.807, 2.05) is 0 Å². The highest BCUT2D eigenvalue weighted by atomic mass is 19.3. The highest BCUT2D eigenvalue weighted by molar-refractivity contribution is 5.43. The van der Waals surface area contributed by atoms with Crippen molar-refractivity contribution in [2.75, 3.05) is 13.7 Å². The second-order valence-electron chi connectivity index (χ2n) is 7.42. The fourth-order valence-electron chi connectivity index (χ4n) is 4.53. The topological polar surface area (TPSA) is 58.9 Å². The third-order valence-corrected chi connectivity index (χ3v) is 5.55. The molecule has 0 radical (unpaired) electrons. The van der Waals surface area contributed by atoms with Crippen LogP contribution in [0.15, 0.2) is 47.2 Å². The summed E-state index contributed by atoms with van der Waals surface area (Å²) in [6.07, 6.45) is 0.343. The van der Waals surface area contributed by atoms with Crippen molar-refractivity contribution in [3.63, 3.8) is 0 Å². The van der Waals surface area contributed by atoms with Gasteiger partial charge in [0, 0.05) is 37.9 Å². The number of alkyl halides is 2. The Morgan fingerprint density at radius 1 is 1.23 bits per heavy atom. The first-order valence-corrected chi connectivity index (χ1v) is 8.82. The summed E-state index contributed by atoms with van der Waals surface area (Å²) in [6, 6.07) is 6.52. The van der Waals surface area contributed by atoms with Crippen molar-refractivity contribution in [2.45, 2.75) is 37.4 Å². The average molecular weight is 364 g/mol. The Morgan fingerprint density at radius 2 is 1.96 bits per heavy atom. The fourth-order valence-corrected chi connectivity index (χ4v) is 4.53. The maximum atomic E-state index is 14.3. The Hall–Kier alpha value is -1.92. The number of halogens is 2. The molecule has 4 rings (SSSR count). The van der Waals surface area contributed by atoms with Gasteiger partial charge in [-0.15, -0.1) is 0 Å². The maximum Gasteiger partial charge on any atom is 0.249 e. The summed E-state index contributed by atoms with van der Waals surface area (Å²) < 4.78 is 40.0. The zero-order valence-corrected chi connectivity index (χ0v) is 14.5. The molecule has 3 aliphatic rings. The van der Waals surface area contributed by atoms with Crippen molar-refractivity contribution in [1.82, 2.24) is 0 Å². The molecule has 4 nitrogen and oxygen atoms in total. The maximum absolute atomic E-state index is 14.3. The molecule has 1 aromatic carbocycles. The van der Waals surface area contributed by atoms with Crippen molar-refractivity contribution in [2.24, 2.45) is 11.8 Å². The SMILES string of the molecule is COCC1=C2O[C@H](c3ccc(O)cc3)[C@@H]3CC(F)(F)C[C@@H]3C2=CC(O)C1. The Labute approximate surface area is 150 Å². The van der Waals surface area contributed by atoms with E-state index in [1.165, 1.54) is 0 Å². The van der Waals surface area contributed by atoms with Crippen LogP contribution >= 0.6 is 0 Å². The third kappa shape index (κ3) is 3.01. The third-order valence-electron chi connectivity index (χ3n) is 5.55. The van der Waals surface area contributed by atoms with Crippen LogP contribution in [-0.4, -0.2) is 36.0 Å². The quantitative estimate of drug-likeness (QED) is 0.858. The molecule has 1 aliphatic heterocycles. The first kappa shape index (κ1) is 17.5. The lowest BCUT2D eigenvalue weighted by Gasteiger charge is -2.41. The van der Waals surface area contributed by atoms with E-state index in [9.17, 15) is 19.0 Å². The minimum absolute atomic E-state index is 0.124. The number of phenols is 1. The van der Waals surface area contributed by atoms with Crippen LogP contribution in [0.25, 0.3) is 0 Å². The van der Waals surface area contributed by atoms with Crippen molar-refractivity contribution in [3.05, 3.63) is 52.8 Å². The molecule has 2 fully saturated rings. The summed E-state index contributed by atoms with van der Waals surface area (Å²) in [5, 5.41) is 19.7. The minimum Gasteiger partial charge on any atom is -0.508 e. The molecule has 0 aromatic heterocycles. The lowest BCUT2D eigenvalue weighted by Crippen LogP contribution is -2.32. The average Bonchev–Trinajstić information content (AvgIpc) is 2.91. The normalized spacial score (nSPS) is 32.5. The summed E-state index contributed by atoms with van der Waals surface area (Å²) in [7, 11) is 1.56. The second kappa shape index (κ2) is 6.35. The van der Waals surface area contributed by atoms with Crippen LogP contribution in [0.4, 0.5) is 8.78 Å². The van der Waals surface area contributed by atoms with E-state index in [1.54, 1.807) is 37.5 Å². The molecule has 140 valence electrons. The van der Waals surface area contributed by atoms with Gasteiger partial charge in [0.15, 0.2) is 0 Å². The number of ether oxygens (including phenoxy) is 2. The van der Waals surface area contributed by atoms with Crippen LogP contribution in [0.3, 0.4) is 0 Å². The molecule has 1 heterocycles. The van der Waals surface area contributed by atoms with Gasteiger partial charge in [0.05, 0.1) is 12.7 Å². The summed E-state index contributed by atoms with van der Waals surface area (Å²) in [5.41, 5.74) is 2.26. The van der Waals surface area contributed by atoms with Gasteiger partial charge < -0.3 is 19.7 Å². The summed E-state index contributed by atoms with van der Waals surface area (Å²) in [6.45, 7) is 0.291. The molecule has 4 atom stereocenters. The van der Waals surface area contributed by atoms with Gasteiger partial charge >= 0.3 is 0 Å². The molecule has 2 N–H and O–H groups in total. The Kier molecular flexibility index (Phi) is 4.28. The van der Waals surface area contributed by atoms with E-state index >= 15 is 0 Å². The zero-order chi connectivity index (χ0) is 18.5. The Balaban J connectivity index is 1.78. The van der Waals surface area contributed by atoms with Gasteiger partial charge in [-0.2, -0.15) is 0 Å². The fraction of sp³-hybridized carbons (Fsp3) is 0.500. The molecule has 2 aliphatic carbocycles. The molecule has 0 spiro atoms. The highest BCUT2D eigenvalue weighted by Crippen LogP contribution is 2.58. The number of aliphatic hydroxyl groups is 1. The number of allylic oxidation sites excluding steroid dienone is 1. The van der Waals surface area contributed by atoms with Gasteiger partial charge in [-0.3, -0.25) is 0 Å². The lowest BCUT2D eigenvalue weighted by atomic mass is 9.76. The van der Waals surface area contributed by atoms with Gasteiger partial charge in [-0.05, 0) is 35.3 Å². The minimum atomic E-state index is -2.76. The van der Waals surface area contributed by atoms with Crippen molar-refractivity contribution in [3.8, 4) is 5.75 Å². The molecule has 0 amide bonds. The number of phenolic OH excluding ortho intramolecular Hbond substituents is 1. The predicted octanol–water partition coefficient (Wildman–Crippen LogP) is 3.72. The number of rotatable bonds is 3. The Bertz CT molecular complexity index is 754. The van der Waals surface area contributed by atoms with Crippen molar-refractivity contribution < 1.29 is 28.5 Å². The lowest BCUT2D eigenvalue weighted by molar-refractivity contribution is -0.0115. The number of aliphatic hydroxyl groups excluding tert-OH is 1. The van der Waals surface area contributed by atoms with E-state index < -0.39 is 18.1 Å². The van der Waals surface area contributed by atoms with Gasteiger partial charge in [-0.1, -0.05) is 12.1 Å². The summed E-state index contributed by atoms with van der Waals surface area (Å²) >= 11 is 0. The molecule has 1 saturated carbocycles. The van der Waals surface area contributed by atoms with E-state index in [0.717, 1.165) is 11.1 Å².